The zero-order chi connectivity index (χ0) is 9.14. The summed E-state index contributed by atoms with van der Waals surface area (Å²) in [5.74, 6) is 0. The Morgan fingerprint density at radius 1 is 1.50 bits per heavy atom. The molecule has 0 radical (unpaired) electrons. The summed E-state index contributed by atoms with van der Waals surface area (Å²) in [5.41, 5.74) is 13.5. The summed E-state index contributed by atoms with van der Waals surface area (Å²) in [5, 5.41) is 0. The van der Waals surface area contributed by atoms with E-state index in [0.717, 1.165) is 10.0 Å². The molecule has 0 fully saturated rings. The van der Waals surface area contributed by atoms with Gasteiger partial charge in [-0.15, -0.1) is 0 Å². The number of hydrogen-bond donors (Lipinski definition) is 2. The van der Waals surface area contributed by atoms with E-state index in [2.05, 4.69) is 15.9 Å². The first-order valence-corrected chi connectivity index (χ1v) is 4.66. The molecule has 0 aromatic heterocycles. The van der Waals surface area contributed by atoms with E-state index in [-0.39, 0.29) is 6.04 Å². The molecule has 1 aromatic carbocycles. The number of hydrogen-bond acceptors (Lipinski definition) is 2. The summed E-state index contributed by atoms with van der Waals surface area (Å²) in [6, 6.07) is 6.03. The second-order valence-corrected chi connectivity index (χ2v) is 3.72. The van der Waals surface area contributed by atoms with E-state index >= 15 is 0 Å². The van der Waals surface area contributed by atoms with Gasteiger partial charge in [-0.3, -0.25) is 0 Å². The fourth-order valence-electron chi connectivity index (χ4n) is 1.06. The monoisotopic (exact) mass is 228 g/mol. The number of halogens is 1. The van der Waals surface area contributed by atoms with Crippen LogP contribution in [0.1, 0.15) is 17.2 Å². The lowest BCUT2D eigenvalue weighted by molar-refractivity contribution is 0.733. The smallest absolute Gasteiger partial charge is 0.0430 e. The minimum absolute atomic E-state index is 0.0695. The van der Waals surface area contributed by atoms with Crippen molar-refractivity contribution in [2.24, 2.45) is 11.5 Å². The van der Waals surface area contributed by atoms with Gasteiger partial charge < -0.3 is 11.5 Å². The van der Waals surface area contributed by atoms with Crippen LogP contribution in [0.4, 0.5) is 0 Å². The molecular weight excluding hydrogens is 216 g/mol. The largest absolute Gasteiger partial charge is 0.329 e. The van der Waals surface area contributed by atoms with Crippen LogP contribution in [0.3, 0.4) is 0 Å². The summed E-state index contributed by atoms with van der Waals surface area (Å²) < 4.78 is 1.04. The van der Waals surface area contributed by atoms with E-state index < -0.39 is 0 Å². The summed E-state index contributed by atoms with van der Waals surface area (Å²) in [7, 11) is 0. The molecule has 0 amide bonds. The maximum absolute atomic E-state index is 5.79. The first kappa shape index (κ1) is 9.71. The highest BCUT2D eigenvalue weighted by Crippen LogP contribution is 2.22. The lowest BCUT2D eigenvalue weighted by atomic mass is 10.1. The van der Waals surface area contributed by atoms with Gasteiger partial charge in [0, 0.05) is 17.1 Å². The van der Waals surface area contributed by atoms with Crippen molar-refractivity contribution < 1.29 is 0 Å². The highest BCUT2D eigenvalue weighted by molar-refractivity contribution is 9.10. The molecule has 0 aliphatic heterocycles. The van der Waals surface area contributed by atoms with Crippen molar-refractivity contribution in [1.82, 2.24) is 0 Å². The van der Waals surface area contributed by atoms with Gasteiger partial charge in [0.15, 0.2) is 0 Å². The Morgan fingerprint density at radius 3 is 2.67 bits per heavy atom. The van der Waals surface area contributed by atoms with E-state index in [4.69, 9.17) is 11.5 Å². The second kappa shape index (κ2) is 4.03. The van der Waals surface area contributed by atoms with E-state index in [0.29, 0.717) is 6.54 Å². The molecule has 0 heterocycles. The van der Waals surface area contributed by atoms with Crippen LogP contribution < -0.4 is 11.5 Å². The lowest BCUT2D eigenvalue weighted by Crippen LogP contribution is -2.21. The highest BCUT2D eigenvalue weighted by Gasteiger charge is 2.06. The molecule has 12 heavy (non-hydrogen) atoms. The topological polar surface area (TPSA) is 52.0 Å². The van der Waals surface area contributed by atoms with Crippen molar-refractivity contribution >= 4 is 15.9 Å². The summed E-state index contributed by atoms with van der Waals surface area (Å²) >= 11 is 3.45. The van der Waals surface area contributed by atoms with Crippen molar-refractivity contribution in [2.75, 3.05) is 6.54 Å². The van der Waals surface area contributed by atoms with Gasteiger partial charge in [-0.05, 0) is 24.1 Å². The van der Waals surface area contributed by atoms with Crippen molar-refractivity contribution in [3.63, 3.8) is 0 Å². The predicted molar refractivity (Wildman–Crippen MR) is 54.9 cm³/mol. The molecule has 4 N–H and O–H groups in total. The number of rotatable bonds is 2. The molecule has 1 unspecified atom stereocenters. The molecule has 0 spiro atoms. The van der Waals surface area contributed by atoms with Gasteiger partial charge >= 0.3 is 0 Å². The molecule has 1 aromatic rings. The molecule has 0 aliphatic rings. The Labute approximate surface area is 81.1 Å². The van der Waals surface area contributed by atoms with Crippen molar-refractivity contribution in [2.45, 2.75) is 13.0 Å². The summed E-state index contributed by atoms with van der Waals surface area (Å²) in [6.07, 6.45) is 0. The molecule has 0 saturated carbocycles. The molecule has 66 valence electrons. The Morgan fingerprint density at radius 2 is 2.17 bits per heavy atom. The quantitative estimate of drug-likeness (QED) is 0.811. The summed E-state index contributed by atoms with van der Waals surface area (Å²) in [4.78, 5) is 0. The average Bonchev–Trinajstić information content (AvgIpc) is 2.03. The van der Waals surface area contributed by atoms with Crippen LogP contribution in [0.15, 0.2) is 22.7 Å². The predicted octanol–water partition coefficient (Wildman–Crippen LogP) is 1.72. The van der Waals surface area contributed by atoms with Crippen LogP contribution in [-0.4, -0.2) is 6.54 Å². The minimum atomic E-state index is -0.0695. The fraction of sp³-hybridized carbons (Fsp3) is 0.333. The molecule has 0 bridgehead atoms. The van der Waals surface area contributed by atoms with Crippen LogP contribution in [0, 0.1) is 6.92 Å². The molecular formula is C9H13BrN2. The van der Waals surface area contributed by atoms with Gasteiger partial charge in [0.25, 0.3) is 0 Å². The fourth-order valence-corrected chi connectivity index (χ4v) is 1.85. The van der Waals surface area contributed by atoms with Gasteiger partial charge in [-0.2, -0.15) is 0 Å². The number of aryl methyl sites for hydroxylation is 1. The van der Waals surface area contributed by atoms with Crippen LogP contribution in [0.25, 0.3) is 0 Å². The average molecular weight is 229 g/mol. The summed E-state index contributed by atoms with van der Waals surface area (Å²) in [6.45, 7) is 2.52. The van der Waals surface area contributed by atoms with Gasteiger partial charge in [-0.25, -0.2) is 0 Å². The first-order chi connectivity index (χ1) is 5.65. The number of nitrogens with two attached hydrogens (primary N) is 2. The maximum Gasteiger partial charge on any atom is 0.0430 e. The van der Waals surface area contributed by atoms with E-state index in [9.17, 15) is 0 Å². The Balaban J connectivity index is 3.01. The SMILES string of the molecule is Cc1ccc(C(N)CN)c(Br)c1. The molecule has 1 rings (SSSR count). The Bertz CT molecular complexity index is 273. The molecule has 0 aliphatic carbocycles. The lowest BCUT2D eigenvalue weighted by Gasteiger charge is -2.11. The number of benzene rings is 1. The van der Waals surface area contributed by atoms with Crippen LogP contribution >= 0.6 is 15.9 Å². The van der Waals surface area contributed by atoms with Crippen molar-refractivity contribution in [3.8, 4) is 0 Å². The van der Waals surface area contributed by atoms with Crippen molar-refractivity contribution in [3.05, 3.63) is 33.8 Å². The Kier molecular flexibility index (Phi) is 3.26. The standard InChI is InChI=1S/C9H13BrN2/c1-6-2-3-7(8(10)4-6)9(12)5-11/h2-4,9H,5,11-12H2,1H3. The third-order valence-electron chi connectivity index (χ3n) is 1.81. The normalized spacial score (nSPS) is 13.0. The van der Waals surface area contributed by atoms with E-state index in [1.165, 1.54) is 5.56 Å². The molecule has 0 saturated heterocycles. The first-order valence-electron chi connectivity index (χ1n) is 3.87. The molecule has 1 atom stereocenters. The third-order valence-corrected chi connectivity index (χ3v) is 2.50. The minimum Gasteiger partial charge on any atom is -0.329 e. The maximum atomic E-state index is 5.79. The zero-order valence-electron chi connectivity index (χ0n) is 7.05. The zero-order valence-corrected chi connectivity index (χ0v) is 8.64. The van der Waals surface area contributed by atoms with Crippen LogP contribution in [0.2, 0.25) is 0 Å². The van der Waals surface area contributed by atoms with Crippen molar-refractivity contribution in [1.29, 1.82) is 0 Å². The third kappa shape index (κ3) is 2.06. The van der Waals surface area contributed by atoms with E-state index in [1.54, 1.807) is 0 Å². The van der Waals surface area contributed by atoms with Crippen LogP contribution in [-0.2, 0) is 0 Å². The molecule has 2 nitrogen and oxygen atoms in total. The van der Waals surface area contributed by atoms with Gasteiger partial charge in [0.05, 0.1) is 0 Å². The second-order valence-electron chi connectivity index (χ2n) is 2.87. The highest BCUT2D eigenvalue weighted by atomic mass is 79.9. The van der Waals surface area contributed by atoms with Crippen LogP contribution in [0.5, 0.6) is 0 Å². The van der Waals surface area contributed by atoms with E-state index in [1.807, 2.05) is 25.1 Å². The van der Waals surface area contributed by atoms with Gasteiger partial charge in [0.1, 0.15) is 0 Å². The van der Waals surface area contributed by atoms with Gasteiger partial charge in [-0.1, -0.05) is 28.1 Å². The molecule has 3 heteroatoms. The van der Waals surface area contributed by atoms with Gasteiger partial charge in [0.2, 0.25) is 0 Å². The Hall–Kier alpha value is -0.380.